The number of hydrogen-bond donors (Lipinski definition) is 2. The van der Waals surface area contributed by atoms with Gasteiger partial charge in [0.15, 0.2) is 0 Å². The third-order valence-electron chi connectivity index (χ3n) is 5.65. The van der Waals surface area contributed by atoms with Gasteiger partial charge in [0.2, 0.25) is 11.8 Å². The number of pyridine rings is 2. The first-order valence-corrected chi connectivity index (χ1v) is 10.6. The largest absolute Gasteiger partial charge is 0.485 e. The van der Waals surface area contributed by atoms with E-state index >= 15 is 0 Å². The Balaban J connectivity index is 1.43. The molecule has 1 saturated heterocycles. The quantitative estimate of drug-likeness (QED) is 0.637. The molecular formula is C24H23N5O3. The van der Waals surface area contributed by atoms with Gasteiger partial charge in [0.25, 0.3) is 0 Å². The number of aromatic nitrogens is 2. The van der Waals surface area contributed by atoms with Crippen molar-refractivity contribution in [2.24, 2.45) is 0 Å². The van der Waals surface area contributed by atoms with Crippen LogP contribution in [0, 0.1) is 0 Å². The zero-order valence-electron chi connectivity index (χ0n) is 17.9. The molecule has 0 aliphatic carbocycles. The summed E-state index contributed by atoms with van der Waals surface area (Å²) in [6, 6.07) is 9.67. The molecule has 2 aromatic heterocycles. The van der Waals surface area contributed by atoms with Gasteiger partial charge in [0.1, 0.15) is 17.7 Å². The summed E-state index contributed by atoms with van der Waals surface area (Å²) in [5.41, 5.74) is 5.19. The molecule has 8 heteroatoms. The van der Waals surface area contributed by atoms with E-state index in [0.29, 0.717) is 23.6 Å². The molecule has 4 heterocycles. The van der Waals surface area contributed by atoms with Crippen molar-refractivity contribution in [2.75, 3.05) is 22.1 Å². The molecule has 0 saturated carbocycles. The van der Waals surface area contributed by atoms with Crippen molar-refractivity contribution < 1.29 is 14.3 Å². The van der Waals surface area contributed by atoms with Crippen LogP contribution in [0.1, 0.15) is 38.4 Å². The lowest BCUT2D eigenvalue weighted by Crippen LogP contribution is -2.24. The first-order valence-electron chi connectivity index (χ1n) is 10.6. The summed E-state index contributed by atoms with van der Waals surface area (Å²) in [4.78, 5) is 33.9. The number of fused-ring (bicyclic) bond motifs is 3. The van der Waals surface area contributed by atoms with Gasteiger partial charge in [-0.3, -0.25) is 14.6 Å². The van der Waals surface area contributed by atoms with E-state index in [-0.39, 0.29) is 17.9 Å². The molecule has 1 aromatic carbocycles. The Morgan fingerprint density at radius 1 is 1.12 bits per heavy atom. The van der Waals surface area contributed by atoms with Gasteiger partial charge < -0.3 is 20.3 Å². The zero-order valence-corrected chi connectivity index (χ0v) is 17.9. The second kappa shape index (κ2) is 7.96. The fourth-order valence-electron chi connectivity index (χ4n) is 4.20. The molecule has 8 nitrogen and oxygen atoms in total. The van der Waals surface area contributed by atoms with Crippen LogP contribution in [-0.2, 0) is 9.59 Å². The third kappa shape index (κ3) is 3.75. The van der Waals surface area contributed by atoms with Gasteiger partial charge in [-0.05, 0) is 37.6 Å². The number of carbonyl (C=O) groups excluding carboxylic acids is 2. The molecule has 0 spiro atoms. The Bertz CT molecular complexity index is 1230. The van der Waals surface area contributed by atoms with E-state index in [4.69, 9.17) is 4.74 Å². The van der Waals surface area contributed by atoms with Crippen LogP contribution in [0.15, 0.2) is 48.9 Å². The minimum atomic E-state index is -0.172. The highest BCUT2D eigenvalue weighted by Gasteiger charge is 2.27. The summed E-state index contributed by atoms with van der Waals surface area (Å²) in [5.74, 6) is 1.42. The summed E-state index contributed by atoms with van der Waals surface area (Å²) in [7, 11) is 0. The molecule has 1 atom stereocenters. The van der Waals surface area contributed by atoms with Crippen LogP contribution in [0.25, 0.3) is 11.1 Å². The molecule has 162 valence electrons. The van der Waals surface area contributed by atoms with Crippen LogP contribution in [0.3, 0.4) is 0 Å². The number of rotatable bonds is 4. The number of carbonyl (C=O) groups is 2. The van der Waals surface area contributed by atoms with Crippen molar-refractivity contribution in [1.29, 1.82) is 0 Å². The van der Waals surface area contributed by atoms with Crippen molar-refractivity contribution in [3.63, 3.8) is 0 Å². The molecule has 2 aliphatic heterocycles. The number of benzene rings is 1. The molecule has 2 N–H and O–H groups in total. The summed E-state index contributed by atoms with van der Waals surface area (Å²) in [6.45, 7) is 4.20. The lowest BCUT2D eigenvalue weighted by molar-refractivity contribution is -0.117. The van der Waals surface area contributed by atoms with Gasteiger partial charge in [0.05, 0.1) is 23.8 Å². The topological polar surface area (TPSA) is 96.5 Å². The van der Waals surface area contributed by atoms with Crippen molar-refractivity contribution in [3.8, 4) is 16.9 Å². The lowest BCUT2D eigenvalue weighted by atomic mass is 9.94. The van der Waals surface area contributed by atoms with Gasteiger partial charge >= 0.3 is 0 Å². The van der Waals surface area contributed by atoms with E-state index in [1.54, 1.807) is 18.5 Å². The maximum atomic E-state index is 12.1. The number of ether oxygens (including phenoxy) is 1. The predicted octanol–water partition coefficient (Wildman–Crippen LogP) is 4.43. The van der Waals surface area contributed by atoms with E-state index in [0.717, 1.165) is 41.1 Å². The fraction of sp³-hybridized carbons (Fsp3) is 0.250. The predicted molar refractivity (Wildman–Crippen MR) is 122 cm³/mol. The molecule has 1 fully saturated rings. The first-order chi connectivity index (χ1) is 15.5. The summed E-state index contributed by atoms with van der Waals surface area (Å²) in [6.07, 6.45) is 6.40. The van der Waals surface area contributed by atoms with Gasteiger partial charge in [-0.1, -0.05) is 0 Å². The second-order valence-corrected chi connectivity index (χ2v) is 8.01. The lowest BCUT2D eigenvalue weighted by Gasteiger charge is -2.28. The highest BCUT2D eigenvalue weighted by molar-refractivity contribution is 5.96. The summed E-state index contributed by atoms with van der Waals surface area (Å²) in [5, 5.41) is 5.96. The standard InChI is InChI=1S/C24H23N5O3/c1-14-20-10-23(28-17-8-16(11-25-12-17)27-15(2)30)26-13-21(20)19-6-5-18(9-22(19)32-14)29-7-3-4-24(29)31/h5-6,8-14H,3-4,7H2,1-2H3,(H,26,28)(H,27,30). The Kier molecular flexibility index (Phi) is 4.97. The van der Waals surface area contributed by atoms with Crippen LogP contribution >= 0.6 is 0 Å². The molecule has 0 bridgehead atoms. The minimum absolute atomic E-state index is 0.155. The van der Waals surface area contributed by atoms with Crippen molar-refractivity contribution in [3.05, 3.63) is 54.5 Å². The van der Waals surface area contributed by atoms with Gasteiger partial charge in [-0.2, -0.15) is 0 Å². The molecule has 1 unspecified atom stereocenters. The van der Waals surface area contributed by atoms with E-state index in [1.807, 2.05) is 42.3 Å². The molecule has 2 amide bonds. The van der Waals surface area contributed by atoms with E-state index < -0.39 is 0 Å². The van der Waals surface area contributed by atoms with Crippen molar-refractivity contribution in [1.82, 2.24) is 9.97 Å². The molecule has 0 radical (unpaired) electrons. The molecular weight excluding hydrogens is 406 g/mol. The maximum absolute atomic E-state index is 12.1. The molecule has 5 rings (SSSR count). The number of hydrogen-bond acceptors (Lipinski definition) is 6. The molecule has 3 aromatic rings. The third-order valence-corrected chi connectivity index (χ3v) is 5.65. The van der Waals surface area contributed by atoms with Crippen LogP contribution in [0.2, 0.25) is 0 Å². The van der Waals surface area contributed by atoms with Crippen LogP contribution in [0.4, 0.5) is 22.9 Å². The van der Waals surface area contributed by atoms with Gasteiger partial charge in [0, 0.05) is 54.5 Å². The average molecular weight is 429 g/mol. The minimum Gasteiger partial charge on any atom is -0.485 e. The van der Waals surface area contributed by atoms with Crippen LogP contribution in [0.5, 0.6) is 5.75 Å². The fourth-order valence-corrected chi connectivity index (χ4v) is 4.20. The average Bonchev–Trinajstić information content (AvgIpc) is 3.19. The second-order valence-electron chi connectivity index (χ2n) is 8.01. The number of anilines is 4. The SMILES string of the molecule is CC(=O)Nc1cncc(Nc2cc3c(cn2)-c2ccc(N4CCCC4=O)cc2OC3C)c1. The Morgan fingerprint density at radius 3 is 2.75 bits per heavy atom. The Labute approximate surface area is 185 Å². The molecule has 2 aliphatic rings. The summed E-state index contributed by atoms with van der Waals surface area (Å²) >= 11 is 0. The smallest absolute Gasteiger partial charge is 0.227 e. The zero-order chi connectivity index (χ0) is 22.2. The van der Waals surface area contributed by atoms with Crippen LogP contribution in [-0.4, -0.2) is 28.3 Å². The normalized spacial score (nSPS) is 16.8. The van der Waals surface area contributed by atoms with E-state index in [1.165, 1.54) is 6.92 Å². The van der Waals surface area contributed by atoms with Crippen molar-refractivity contribution in [2.45, 2.75) is 32.8 Å². The Hall–Kier alpha value is -3.94. The van der Waals surface area contributed by atoms with E-state index in [2.05, 4.69) is 20.6 Å². The maximum Gasteiger partial charge on any atom is 0.227 e. The number of amides is 2. The first kappa shape index (κ1) is 20.0. The van der Waals surface area contributed by atoms with E-state index in [9.17, 15) is 9.59 Å². The number of nitrogens with zero attached hydrogens (tertiary/aromatic N) is 3. The van der Waals surface area contributed by atoms with Crippen molar-refractivity contribution >= 4 is 34.7 Å². The van der Waals surface area contributed by atoms with Gasteiger partial charge in [-0.25, -0.2) is 4.98 Å². The highest BCUT2D eigenvalue weighted by atomic mass is 16.5. The monoisotopic (exact) mass is 429 g/mol. The summed E-state index contributed by atoms with van der Waals surface area (Å²) < 4.78 is 6.21. The number of nitrogens with one attached hydrogen (secondary N) is 2. The van der Waals surface area contributed by atoms with Crippen LogP contribution < -0.4 is 20.3 Å². The molecule has 32 heavy (non-hydrogen) atoms. The Morgan fingerprint density at radius 2 is 1.97 bits per heavy atom. The van der Waals surface area contributed by atoms with Gasteiger partial charge in [-0.15, -0.1) is 0 Å². The highest BCUT2D eigenvalue weighted by Crippen LogP contribution is 2.44.